The lowest BCUT2D eigenvalue weighted by molar-refractivity contribution is 1.50. The van der Waals surface area contributed by atoms with Crippen LogP contribution in [-0.4, -0.2) is 0 Å². The largest absolute Gasteiger partial charge is 0.135 e. The second-order valence-electron chi connectivity index (χ2n) is 5.15. The van der Waals surface area contributed by atoms with Crippen LogP contribution < -0.4 is 0 Å². The van der Waals surface area contributed by atoms with E-state index >= 15 is 0 Å². The molecule has 0 aliphatic heterocycles. The van der Waals surface area contributed by atoms with Crippen LogP contribution in [0.15, 0.2) is 48.5 Å². The van der Waals surface area contributed by atoms with Crippen molar-refractivity contribution in [2.75, 3.05) is 0 Å². The molecule has 4 aromatic rings. The Bertz CT molecular complexity index is 929. The van der Waals surface area contributed by atoms with Gasteiger partial charge in [0.2, 0.25) is 0 Å². The van der Waals surface area contributed by atoms with Crippen molar-refractivity contribution in [3.63, 3.8) is 0 Å². The lowest BCUT2D eigenvalue weighted by Crippen LogP contribution is -1.83. The number of hydrogen-bond donors (Lipinski definition) is 0. The van der Waals surface area contributed by atoms with Crippen molar-refractivity contribution < 1.29 is 0 Å². The zero-order valence-electron chi connectivity index (χ0n) is 11.0. The first-order chi connectivity index (χ1) is 9.25. The molecule has 1 heteroatoms. The first-order valence-electron chi connectivity index (χ1n) is 6.56. The molecule has 0 bridgehead atoms. The molecule has 0 atom stereocenters. The summed E-state index contributed by atoms with van der Waals surface area (Å²) >= 11 is 1.91. The Morgan fingerprint density at radius 2 is 1.68 bits per heavy atom. The summed E-state index contributed by atoms with van der Waals surface area (Å²) in [4.78, 5) is 0. The van der Waals surface area contributed by atoms with Crippen LogP contribution in [0.2, 0.25) is 0 Å². The summed E-state index contributed by atoms with van der Waals surface area (Å²) in [6, 6.07) is 17.6. The monoisotopic (exact) mass is 262 g/mol. The predicted octanol–water partition coefficient (Wildman–Crippen LogP) is 5.82. The predicted molar refractivity (Wildman–Crippen MR) is 86.3 cm³/mol. The van der Waals surface area contributed by atoms with Crippen LogP contribution in [0.3, 0.4) is 0 Å². The van der Waals surface area contributed by atoms with Crippen LogP contribution in [0.25, 0.3) is 30.9 Å². The zero-order chi connectivity index (χ0) is 13.0. The van der Waals surface area contributed by atoms with Gasteiger partial charge in [0.1, 0.15) is 0 Å². The van der Waals surface area contributed by atoms with Crippen molar-refractivity contribution in [1.82, 2.24) is 0 Å². The molecule has 0 unspecified atom stereocenters. The van der Waals surface area contributed by atoms with Crippen molar-refractivity contribution in [3.05, 3.63) is 59.7 Å². The fourth-order valence-corrected chi connectivity index (χ4v) is 4.27. The fraction of sp³-hybridized carbons (Fsp3) is 0.111. The third-order valence-corrected chi connectivity index (χ3v) is 5.26. The number of aryl methyl sites for hydroxylation is 2. The lowest BCUT2D eigenvalue weighted by Gasteiger charge is -2.07. The summed E-state index contributed by atoms with van der Waals surface area (Å²) in [5.41, 5.74) is 2.79. The highest BCUT2D eigenvalue weighted by molar-refractivity contribution is 7.26. The van der Waals surface area contributed by atoms with E-state index in [1.54, 1.807) is 0 Å². The summed E-state index contributed by atoms with van der Waals surface area (Å²) in [6.45, 7) is 4.46. The molecule has 0 radical (unpaired) electrons. The molecule has 1 heterocycles. The molecule has 0 saturated heterocycles. The maximum Gasteiger partial charge on any atom is 0.0391 e. The quantitative estimate of drug-likeness (QED) is 0.374. The van der Waals surface area contributed by atoms with Gasteiger partial charge in [-0.25, -0.2) is 0 Å². The van der Waals surface area contributed by atoms with E-state index in [-0.39, 0.29) is 0 Å². The molecule has 0 nitrogen and oxygen atoms in total. The highest BCUT2D eigenvalue weighted by atomic mass is 32.1. The first kappa shape index (κ1) is 11.0. The van der Waals surface area contributed by atoms with Gasteiger partial charge in [0.15, 0.2) is 0 Å². The Kier molecular flexibility index (Phi) is 2.21. The van der Waals surface area contributed by atoms with Gasteiger partial charge in [-0.3, -0.25) is 0 Å². The maximum atomic E-state index is 2.35. The molecule has 92 valence electrons. The van der Waals surface area contributed by atoms with Crippen LogP contribution in [-0.2, 0) is 0 Å². The molecular formula is C18H14S. The van der Waals surface area contributed by atoms with Gasteiger partial charge < -0.3 is 0 Å². The van der Waals surface area contributed by atoms with Crippen LogP contribution in [0.5, 0.6) is 0 Å². The van der Waals surface area contributed by atoms with Gasteiger partial charge in [0.05, 0.1) is 0 Å². The summed E-state index contributed by atoms with van der Waals surface area (Å²) < 4.78 is 2.82. The standard InChI is InChI=1S/C18H14S/c1-11-6-5-7-13-10-15-14-8-3-4-9-16(14)19-18(15)12(2)17(11)13/h3-10H,1-2H3. The summed E-state index contributed by atoms with van der Waals surface area (Å²) in [6.07, 6.45) is 0. The summed E-state index contributed by atoms with van der Waals surface area (Å²) in [5, 5.41) is 5.56. The van der Waals surface area contributed by atoms with Crippen LogP contribution in [0.4, 0.5) is 0 Å². The minimum atomic E-state index is 1.36. The lowest BCUT2D eigenvalue weighted by atomic mass is 9.98. The molecule has 3 aromatic carbocycles. The third kappa shape index (κ3) is 1.45. The minimum absolute atomic E-state index is 1.36. The number of benzene rings is 3. The van der Waals surface area contributed by atoms with Gasteiger partial charge in [-0.15, -0.1) is 11.3 Å². The van der Waals surface area contributed by atoms with Crippen molar-refractivity contribution >= 4 is 42.3 Å². The summed E-state index contributed by atoms with van der Waals surface area (Å²) in [7, 11) is 0. The highest BCUT2D eigenvalue weighted by Gasteiger charge is 2.10. The molecule has 0 saturated carbocycles. The average molecular weight is 262 g/mol. The molecule has 1 aromatic heterocycles. The van der Waals surface area contributed by atoms with Gasteiger partial charge in [-0.1, -0.05) is 36.4 Å². The number of thiophene rings is 1. The third-order valence-electron chi connectivity index (χ3n) is 3.95. The van der Waals surface area contributed by atoms with E-state index in [2.05, 4.69) is 62.4 Å². The smallest absolute Gasteiger partial charge is 0.0391 e. The molecule has 0 fully saturated rings. The zero-order valence-corrected chi connectivity index (χ0v) is 11.8. The molecular weight excluding hydrogens is 248 g/mol. The topological polar surface area (TPSA) is 0 Å². The molecule has 0 amide bonds. The normalized spacial score (nSPS) is 11.7. The van der Waals surface area contributed by atoms with Crippen molar-refractivity contribution in [2.24, 2.45) is 0 Å². The van der Waals surface area contributed by atoms with E-state index in [0.717, 1.165) is 0 Å². The maximum absolute atomic E-state index is 2.35. The number of rotatable bonds is 0. The fourth-order valence-electron chi connectivity index (χ4n) is 3.08. The van der Waals surface area contributed by atoms with E-state index in [9.17, 15) is 0 Å². The van der Waals surface area contributed by atoms with E-state index in [4.69, 9.17) is 0 Å². The Labute approximate surface area is 116 Å². The van der Waals surface area contributed by atoms with E-state index in [0.29, 0.717) is 0 Å². The second-order valence-corrected chi connectivity index (χ2v) is 6.20. The van der Waals surface area contributed by atoms with E-state index in [1.165, 1.54) is 42.1 Å². The van der Waals surface area contributed by atoms with Crippen molar-refractivity contribution in [2.45, 2.75) is 13.8 Å². The van der Waals surface area contributed by atoms with Crippen LogP contribution in [0.1, 0.15) is 11.1 Å². The highest BCUT2D eigenvalue weighted by Crippen LogP contribution is 2.39. The average Bonchev–Trinajstić information content (AvgIpc) is 2.78. The Balaban J connectivity index is 2.33. The molecule has 0 N–H and O–H groups in total. The van der Waals surface area contributed by atoms with Gasteiger partial charge in [-0.2, -0.15) is 0 Å². The first-order valence-corrected chi connectivity index (χ1v) is 7.37. The van der Waals surface area contributed by atoms with Crippen molar-refractivity contribution in [1.29, 1.82) is 0 Å². The van der Waals surface area contributed by atoms with Gasteiger partial charge in [-0.05, 0) is 47.9 Å². The summed E-state index contributed by atoms with van der Waals surface area (Å²) in [5.74, 6) is 0. The molecule has 4 rings (SSSR count). The van der Waals surface area contributed by atoms with Gasteiger partial charge in [0.25, 0.3) is 0 Å². The van der Waals surface area contributed by atoms with Crippen LogP contribution in [0, 0.1) is 13.8 Å². The SMILES string of the molecule is Cc1cccc2cc3c(sc4ccccc43)c(C)c12. The number of hydrogen-bond acceptors (Lipinski definition) is 1. The van der Waals surface area contributed by atoms with Crippen molar-refractivity contribution in [3.8, 4) is 0 Å². The van der Waals surface area contributed by atoms with Crippen LogP contribution >= 0.6 is 11.3 Å². The van der Waals surface area contributed by atoms with E-state index in [1.807, 2.05) is 11.3 Å². The molecule has 0 aliphatic carbocycles. The van der Waals surface area contributed by atoms with E-state index < -0.39 is 0 Å². The van der Waals surface area contributed by atoms with Gasteiger partial charge in [0, 0.05) is 20.2 Å². The Morgan fingerprint density at radius 3 is 2.58 bits per heavy atom. The molecule has 0 spiro atoms. The van der Waals surface area contributed by atoms with Gasteiger partial charge >= 0.3 is 0 Å². The molecule has 19 heavy (non-hydrogen) atoms. The second kappa shape index (κ2) is 3.82. The molecule has 0 aliphatic rings. The Hall–Kier alpha value is -1.86. The Morgan fingerprint density at radius 1 is 0.842 bits per heavy atom. The number of fused-ring (bicyclic) bond motifs is 4. The minimum Gasteiger partial charge on any atom is -0.135 e.